The maximum absolute atomic E-state index is 13.5. The monoisotopic (exact) mass is 1100 g/mol. The van der Waals surface area contributed by atoms with Crippen LogP contribution in [0.5, 0.6) is 0 Å². The van der Waals surface area contributed by atoms with E-state index in [4.69, 9.17) is 13.8 Å². The van der Waals surface area contributed by atoms with Gasteiger partial charge in [-0.25, -0.2) is 0 Å². The number of hydrogen-bond donors (Lipinski definition) is 1. The highest BCUT2D eigenvalue weighted by Crippen LogP contribution is 2.38. The number of unbranched alkanes of at least 4 members (excludes halogenated alkanes) is 21. The molecule has 0 saturated carbocycles. The molecule has 0 aromatic rings. The Balaban J connectivity index is 5.33. The maximum atomic E-state index is 13.5. The Morgan fingerprint density at radius 2 is 0.833 bits per heavy atom. The summed E-state index contributed by atoms with van der Waals surface area (Å²) in [4.78, 5) is 40.0. The highest BCUT2D eigenvalue weighted by molar-refractivity contribution is 7.45. The summed E-state index contributed by atoms with van der Waals surface area (Å²) in [6.45, 7) is 6.64. The van der Waals surface area contributed by atoms with Crippen LogP contribution < -0.4 is 10.2 Å². The highest BCUT2D eigenvalue weighted by Gasteiger charge is 2.27. The molecule has 78 heavy (non-hydrogen) atoms. The predicted molar refractivity (Wildman–Crippen MR) is 334 cm³/mol. The van der Waals surface area contributed by atoms with Gasteiger partial charge in [0, 0.05) is 12.8 Å². The molecule has 3 atom stereocenters. The number of phosphoric acid groups is 1. The SMILES string of the molecule is CC/C=C\C/C=C\C/C=C\C/C=C\C/C=C\CCCCCCCCCC(=O)NC(COP(=O)([O-])OCC[N+](C)(C)C)C(/C=C\CCCCCCCCCCCC)OC(=O)CCC/C=C\C/C=C\C/C=C\C/C=C\CCCCC. The van der Waals surface area contributed by atoms with Crippen LogP contribution in [-0.2, 0) is 27.9 Å². The van der Waals surface area contributed by atoms with Crippen LogP contribution in [0.25, 0.3) is 0 Å². The summed E-state index contributed by atoms with van der Waals surface area (Å²) in [5.41, 5.74) is 0. The van der Waals surface area contributed by atoms with Crippen LogP contribution >= 0.6 is 7.82 Å². The third-order valence-electron chi connectivity index (χ3n) is 13.1. The number of carbonyl (C=O) groups excluding carboxylic acids is 2. The molecule has 0 spiro atoms. The molecule has 0 aromatic carbocycles. The lowest BCUT2D eigenvalue weighted by atomic mass is 10.0. The molecule has 0 fully saturated rings. The molecule has 0 bridgehead atoms. The van der Waals surface area contributed by atoms with Crippen molar-refractivity contribution in [3.8, 4) is 0 Å². The van der Waals surface area contributed by atoms with Gasteiger partial charge in [0.1, 0.15) is 19.3 Å². The Labute approximate surface area is 480 Å². The van der Waals surface area contributed by atoms with Crippen molar-refractivity contribution in [1.82, 2.24) is 5.32 Å². The first-order valence-corrected chi connectivity index (χ1v) is 32.8. The van der Waals surface area contributed by atoms with Crippen molar-refractivity contribution in [3.63, 3.8) is 0 Å². The molecule has 0 aliphatic carbocycles. The molecule has 10 heteroatoms. The Bertz CT molecular complexity index is 1750. The highest BCUT2D eigenvalue weighted by atomic mass is 31.2. The minimum absolute atomic E-state index is 0.0395. The van der Waals surface area contributed by atoms with Crippen molar-refractivity contribution in [3.05, 3.63) is 122 Å². The van der Waals surface area contributed by atoms with Gasteiger partial charge in [0.25, 0.3) is 7.82 Å². The zero-order valence-corrected chi connectivity index (χ0v) is 51.7. The number of rotatable bonds is 55. The van der Waals surface area contributed by atoms with Crippen molar-refractivity contribution in [2.75, 3.05) is 40.9 Å². The molecule has 1 N–H and O–H groups in total. The number of phosphoric ester groups is 1. The van der Waals surface area contributed by atoms with E-state index in [1.807, 2.05) is 33.3 Å². The molecule has 0 heterocycles. The molecular formula is C68H117N2O7P. The molecule has 0 rings (SSSR count). The standard InChI is InChI=1S/C68H117N2O7P/c1-7-10-13-16-19-22-25-28-30-32-33-34-35-36-37-39-40-42-45-48-51-54-57-60-67(71)69-65(64-76-78(73,74)75-63-62-70(4,5)6)66(59-56-53-50-47-44-27-24-21-18-15-12-9-3)77-68(72)61-58-55-52-49-46-43-41-38-31-29-26-23-20-17-14-11-8-2/h10,13,19-20,22-23,28-31,33-34,36-37,41,43,49,52,56,59,65-66H,7-9,11-12,14-18,21,24-27,32,35,38-40,42,44-48,50-51,53-55,57-58,60-64H2,1-6H3,(H-,69,71,73,74)/b13-10-,22-19-,23-20-,30-28-,31-29-,34-33-,37-36-,43-41-,52-49-,59-56-. The Kier molecular flexibility index (Phi) is 54.1. The first kappa shape index (κ1) is 74.4. The van der Waals surface area contributed by atoms with Crippen molar-refractivity contribution in [2.45, 2.75) is 258 Å². The molecule has 446 valence electrons. The molecule has 0 aliphatic rings. The van der Waals surface area contributed by atoms with Crippen molar-refractivity contribution in [2.24, 2.45) is 0 Å². The number of esters is 1. The van der Waals surface area contributed by atoms with Crippen molar-refractivity contribution < 1.29 is 37.3 Å². The Morgan fingerprint density at radius 1 is 0.462 bits per heavy atom. The second-order valence-corrected chi connectivity index (χ2v) is 23.2. The smallest absolute Gasteiger partial charge is 0.306 e. The quantitative estimate of drug-likeness (QED) is 0.0212. The third-order valence-corrected chi connectivity index (χ3v) is 14.1. The van der Waals surface area contributed by atoms with Gasteiger partial charge in [-0.05, 0) is 115 Å². The summed E-state index contributed by atoms with van der Waals surface area (Å²) < 4.78 is 30.3. The first-order chi connectivity index (χ1) is 37.9. The number of nitrogens with zero attached hydrogens (tertiary/aromatic N) is 1. The molecular weight excluding hydrogens is 988 g/mol. The van der Waals surface area contributed by atoms with Gasteiger partial charge in [0.2, 0.25) is 5.91 Å². The number of ether oxygens (including phenoxy) is 1. The van der Waals surface area contributed by atoms with Crippen LogP contribution in [-0.4, -0.2) is 69.4 Å². The Morgan fingerprint density at radius 3 is 1.28 bits per heavy atom. The average Bonchev–Trinajstić information content (AvgIpc) is 3.40. The van der Waals surface area contributed by atoms with Gasteiger partial charge in [-0.3, -0.25) is 14.2 Å². The van der Waals surface area contributed by atoms with Crippen molar-refractivity contribution in [1.29, 1.82) is 0 Å². The van der Waals surface area contributed by atoms with Crippen LogP contribution in [0, 0.1) is 0 Å². The van der Waals surface area contributed by atoms with Gasteiger partial charge in [0.15, 0.2) is 0 Å². The topological polar surface area (TPSA) is 114 Å². The van der Waals surface area contributed by atoms with Gasteiger partial charge in [0.05, 0.1) is 33.8 Å². The summed E-state index contributed by atoms with van der Waals surface area (Å²) in [6.07, 6.45) is 78.8. The number of likely N-dealkylation sites (N-methyl/N-ethyl adjacent to an activating group) is 1. The minimum Gasteiger partial charge on any atom is -0.756 e. The van der Waals surface area contributed by atoms with E-state index < -0.39 is 32.5 Å². The maximum Gasteiger partial charge on any atom is 0.306 e. The van der Waals surface area contributed by atoms with Crippen molar-refractivity contribution >= 4 is 19.7 Å². The molecule has 0 radical (unpaired) electrons. The van der Waals surface area contributed by atoms with Crippen LogP contribution in [0.3, 0.4) is 0 Å². The number of hydrogen-bond acceptors (Lipinski definition) is 7. The number of carbonyl (C=O) groups is 2. The Hall–Kier alpha value is -3.59. The van der Waals surface area contributed by atoms with Crippen LogP contribution in [0.15, 0.2) is 122 Å². The lowest BCUT2D eigenvalue weighted by molar-refractivity contribution is -0.870. The summed E-state index contributed by atoms with van der Waals surface area (Å²) >= 11 is 0. The molecule has 0 aliphatic heterocycles. The van der Waals surface area contributed by atoms with Gasteiger partial charge in [-0.15, -0.1) is 0 Å². The fourth-order valence-corrected chi connectivity index (χ4v) is 9.03. The number of nitrogens with one attached hydrogen (secondary N) is 1. The summed E-state index contributed by atoms with van der Waals surface area (Å²) in [5.74, 6) is -0.627. The number of allylic oxidation sites excluding steroid dienone is 19. The van der Waals surface area contributed by atoms with E-state index in [1.165, 1.54) is 96.3 Å². The zero-order chi connectivity index (χ0) is 57.2. The molecule has 9 nitrogen and oxygen atoms in total. The van der Waals surface area contributed by atoms with Gasteiger partial charge in [-0.2, -0.15) is 0 Å². The van der Waals surface area contributed by atoms with Crippen LogP contribution in [0.2, 0.25) is 0 Å². The van der Waals surface area contributed by atoms with E-state index in [2.05, 4.69) is 135 Å². The van der Waals surface area contributed by atoms with E-state index in [0.717, 1.165) is 103 Å². The number of quaternary nitrogens is 1. The fourth-order valence-electron chi connectivity index (χ4n) is 8.30. The van der Waals surface area contributed by atoms with E-state index in [-0.39, 0.29) is 25.4 Å². The molecule has 0 saturated heterocycles. The molecule has 1 amide bonds. The second kappa shape index (κ2) is 56.7. The van der Waals surface area contributed by atoms with Crippen LogP contribution in [0.1, 0.15) is 245 Å². The van der Waals surface area contributed by atoms with E-state index in [9.17, 15) is 19.0 Å². The number of amides is 1. The zero-order valence-electron chi connectivity index (χ0n) is 50.8. The van der Waals surface area contributed by atoms with E-state index in [0.29, 0.717) is 23.9 Å². The normalized spacial score (nSPS) is 14.5. The summed E-state index contributed by atoms with van der Waals surface area (Å²) in [6, 6.07) is -0.925. The molecule has 0 aromatic heterocycles. The largest absolute Gasteiger partial charge is 0.756 e. The lowest BCUT2D eigenvalue weighted by Crippen LogP contribution is -2.47. The van der Waals surface area contributed by atoms with Crippen LogP contribution in [0.4, 0.5) is 0 Å². The lowest BCUT2D eigenvalue weighted by Gasteiger charge is -2.30. The second-order valence-electron chi connectivity index (χ2n) is 21.8. The third kappa shape index (κ3) is 57.1. The minimum atomic E-state index is -4.72. The predicted octanol–water partition coefficient (Wildman–Crippen LogP) is 18.9. The van der Waals surface area contributed by atoms with E-state index in [1.54, 1.807) is 0 Å². The van der Waals surface area contributed by atoms with E-state index >= 15 is 0 Å². The first-order valence-electron chi connectivity index (χ1n) is 31.3. The molecule has 3 unspecified atom stereocenters. The fraction of sp³-hybridized carbons (Fsp3) is 0.676. The van der Waals surface area contributed by atoms with Gasteiger partial charge >= 0.3 is 5.97 Å². The van der Waals surface area contributed by atoms with Gasteiger partial charge < -0.3 is 28.5 Å². The summed E-state index contributed by atoms with van der Waals surface area (Å²) in [7, 11) is 1.13. The van der Waals surface area contributed by atoms with Gasteiger partial charge in [-0.1, -0.05) is 239 Å². The summed E-state index contributed by atoms with van der Waals surface area (Å²) in [5, 5.41) is 3.01. The average molecular weight is 1110 g/mol.